The van der Waals surface area contributed by atoms with Crippen LogP contribution >= 0.6 is 0 Å². The fraction of sp³-hybridized carbons (Fsp3) is 0.167. The molecule has 0 saturated heterocycles. The van der Waals surface area contributed by atoms with Gasteiger partial charge in [-0.05, 0) is 19.1 Å². The van der Waals surface area contributed by atoms with E-state index in [1.54, 1.807) is 36.4 Å². The van der Waals surface area contributed by atoms with Gasteiger partial charge in [-0.15, -0.1) is 0 Å². The first kappa shape index (κ1) is 12.7. The molecule has 0 aliphatic heterocycles. The molecule has 1 aromatic carbocycles. The fourth-order valence-corrected chi connectivity index (χ4v) is 1.91. The molecule has 4 heteroatoms. The van der Waals surface area contributed by atoms with E-state index in [2.05, 4.69) is 0 Å². The van der Waals surface area contributed by atoms with Crippen LogP contribution in [0.4, 0.5) is 0 Å². The van der Waals surface area contributed by atoms with E-state index in [0.29, 0.717) is 0 Å². The van der Waals surface area contributed by atoms with Crippen molar-refractivity contribution < 1.29 is 12.6 Å². The van der Waals surface area contributed by atoms with E-state index in [1.165, 1.54) is 12.1 Å². The highest BCUT2D eigenvalue weighted by molar-refractivity contribution is 7.86. The summed E-state index contributed by atoms with van der Waals surface area (Å²) in [5.41, 5.74) is 0. The Morgan fingerprint density at radius 3 is 2.50 bits per heavy atom. The van der Waals surface area contributed by atoms with Crippen LogP contribution in [-0.2, 0) is 14.3 Å². The normalized spacial score (nSPS) is 12.6. The van der Waals surface area contributed by atoms with Gasteiger partial charge < -0.3 is 0 Å². The summed E-state index contributed by atoms with van der Waals surface area (Å²) < 4.78 is 28.0. The van der Waals surface area contributed by atoms with Crippen LogP contribution in [0.2, 0.25) is 0 Å². The molecule has 1 aromatic rings. The highest BCUT2D eigenvalue weighted by Crippen LogP contribution is 2.10. The van der Waals surface area contributed by atoms with Gasteiger partial charge in [-0.3, -0.25) is 4.18 Å². The van der Waals surface area contributed by atoms with Gasteiger partial charge in [0.15, 0.2) is 0 Å². The summed E-state index contributed by atoms with van der Waals surface area (Å²) in [5, 5.41) is 0. The van der Waals surface area contributed by atoms with Crippen LogP contribution in [0.1, 0.15) is 6.92 Å². The van der Waals surface area contributed by atoms with Gasteiger partial charge in [-0.25, -0.2) is 0 Å². The number of allylic oxidation sites excluding steroid dienone is 3. The van der Waals surface area contributed by atoms with Crippen molar-refractivity contribution in [3.05, 3.63) is 54.6 Å². The van der Waals surface area contributed by atoms with E-state index in [4.69, 9.17) is 4.18 Å². The first-order chi connectivity index (χ1) is 7.67. The number of benzene rings is 1. The molecule has 1 rings (SSSR count). The summed E-state index contributed by atoms with van der Waals surface area (Å²) in [6.45, 7) is 1.92. The van der Waals surface area contributed by atoms with Gasteiger partial charge in [0, 0.05) is 0 Å². The molecule has 0 aliphatic rings. The van der Waals surface area contributed by atoms with Gasteiger partial charge in [-0.1, -0.05) is 42.5 Å². The molecule has 16 heavy (non-hydrogen) atoms. The van der Waals surface area contributed by atoms with Crippen LogP contribution in [0.15, 0.2) is 59.5 Å². The molecule has 86 valence electrons. The highest BCUT2D eigenvalue weighted by atomic mass is 32.2. The third kappa shape index (κ3) is 4.00. The molecule has 0 N–H and O–H groups in total. The minimum Gasteiger partial charge on any atom is -0.262 e. The zero-order chi connectivity index (χ0) is 11.9. The van der Waals surface area contributed by atoms with Gasteiger partial charge >= 0.3 is 0 Å². The Kier molecular flexibility index (Phi) is 4.95. The molecule has 0 unspecified atom stereocenters. The zero-order valence-electron chi connectivity index (χ0n) is 9.04. The van der Waals surface area contributed by atoms with Crippen LogP contribution in [0.3, 0.4) is 0 Å². The lowest BCUT2D eigenvalue weighted by atomic mass is 10.4. The Morgan fingerprint density at radius 2 is 1.88 bits per heavy atom. The molecule has 0 heterocycles. The van der Waals surface area contributed by atoms with Crippen molar-refractivity contribution in [2.24, 2.45) is 0 Å². The molecule has 0 saturated carbocycles. The topological polar surface area (TPSA) is 43.4 Å². The summed E-state index contributed by atoms with van der Waals surface area (Å²) >= 11 is 0. The van der Waals surface area contributed by atoms with Crippen molar-refractivity contribution in [2.45, 2.75) is 11.8 Å². The second-order valence-electron chi connectivity index (χ2n) is 3.01. The lowest BCUT2D eigenvalue weighted by Crippen LogP contribution is -2.05. The summed E-state index contributed by atoms with van der Waals surface area (Å²) in [7, 11) is -3.62. The van der Waals surface area contributed by atoms with Gasteiger partial charge in [0.05, 0.1) is 11.5 Å². The molecule has 0 aliphatic carbocycles. The maximum Gasteiger partial charge on any atom is 0.297 e. The van der Waals surface area contributed by atoms with Crippen molar-refractivity contribution >= 4 is 10.1 Å². The third-order valence-corrected chi connectivity index (χ3v) is 3.09. The summed E-state index contributed by atoms with van der Waals surface area (Å²) in [6, 6.07) is 8.08. The van der Waals surface area contributed by atoms with Crippen molar-refractivity contribution in [3.63, 3.8) is 0 Å². The van der Waals surface area contributed by atoms with Crippen LogP contribution in [-0.4, -0.2) is 15.0 Å². The van der Waals surface area contributed by atoms with Crippen LogP contribution in [0.25, 0.3) is 0 Å². The molecule has 0 fully saturated rings. The molecular weight excluding hydrogens is 224 g/mol. The zero-order valence-corrected chi connectivity index (χ0v) is 9.85. The third-order valence-electron chi connectivity index (χ3n) is 1.79. The fourth-order valence-electron chi connectivity index (χ4n) is 1.03. The van der Waals surface area contributed by atoms with Gasteiger partial charge in [-0.2, -0.15) is 8.42 Å². The molecule has 3 nitrogen and oxygen atoms in total. The predicted molar refractivity (Wildman–Crippen MR) is 63.5 cm³/mol. The largest absolute Gasteiger partial charge is 0.297 e. The summed E-state index contributed by atoms with van der Waals surface area (Å²) in [4.78, 5) is 0.175. The second kappa shape index (κ2) is 6.25. The average molecular weight is 238 g/mol. The molecule has 0 atom stereocenters. The highest BCUT2D eigenvalue weighted by Gasteiger charge is 2.12. The minimum atomic E-state index is -3.62. The SMILES string of the molecule is C/C=C/C=C/COS(=O)(=O)c1ccccc1. The Labute approximate surface area is 96.2 Å². The monoisotopic (exact) mass is 238 g/mol. The predicted octanol–water partition coefficient (Wildman–Crippen LogP) is 2.52. The van der Waals surface area contributed by atoms with Crippen molar-refractivity contribution in [1.29, 1.82) is 0 Å². The molecular formula is C12H14O3S. The maximum atomic E-state index is 11.6. The van der Waals surface area contributed by atoms with E-state index in [9.17, 15) is 8.42 Å². The molecule has 0 radical (unpaired) electrons. The maximum absolute atomic E-state index is 11.6. The number of hydrogen-bond acceptors (Lipinski definition) is 3. The van der Waals surface area contributed by atoms with Crippen molar-refractivity contribution in [3.8, 4) is 0 Å². The van der Waals surface area contributed by atoms with Crippen molar-refractivity contribution in [2.75, 3.05) is 6.61 Å². The van der Waals surface area contributed by atoms with Crippen LogP contribution in [0.5, 0.6) is 0 Å². The standard InChI is InChI=1S/C12H14O3S/c1-2-3-4-8-11-15-16(13,14)12-9-6-5-7-10-12/h2-10H,11H2,1H3/b3-2+,8-4+. The molecule has 0 spiro atoms. The molecule has 0 aromatic heterocycles. The Bertz CT molecular complexity index is 458. The first-order valence-corrected chi connectivity index (χ1v) is 6.30. The van der Waals surface area contributed by atoms with Crippen LogP contribution < -0.4 is 0 Å². The minimum absolute atomic E-state index is 0.0432. The molecule has 0 amide bonds. The van der Waals surface area contributed by atoms with E-state index in [-0.39, 0.29) is 11.5 Å². The summed E-state index contributed by atoms with van der Waals surface area (Å²) in [6.07, 6.45) is 7.03. The van der Waals surface area contributed by atoms with Crippen molar-refractivity contribution in [1.82, 2.24) is 0 Å². The number of hydrogen-bond donors (Lipinski definition) is 0. The van der Waals surface area contributed by atoms with Gasteiger partial charge in [0.25, 0.3) is 10.1 Å². The lowest BCUT2D eigenvalue weighted by Gasteiger charge is -2.02. The van der Waals surface area contributed by atoms with E-state index in [1.807, 2.05) is 13.0 Å². The van der Waals surface area contributed by atoms with E-state index in [0.717, 1.165) is 0 Å². The quantitative estimate of drug-likeness (QED) is 0.585. The second-order valence-corrected chi connectivity index (χ2v) is 4.62. The lowest BCUT2D eigenvalue weighted by molar-refractivity contribution is 0.357. The van der Waals surface area contributed by atoms with E-state index >= 15 is 0 Å². The first-order valence-electron chi connectivity index (χ1n) is 4.89. The average Bonchev–Trinajstić information content (AvgIpc) is 2.30. The Morgan fingerprint density at radius 1 is 1.19 bits per heavy atom. The van der Waals surface area contributed by atoms with Crippen LogP contribution in [0, 0.1) is 0 Å². The number of rotatable bonds is 5. The van der Waals surface area contributed by atoms with Gasteiger partial charge in [0.2, 0.25) is 0 Å². The Balaban J connectivity index is 2.60. The molecule has 0 bridgehead atoms. The smallest absolute Gasteiger partial charge is 0.262 e. The van der Waals surface area contributed by atoms with E-state index < -0.39 is 10.1 Å². The summed E-state index contributed by atoms with van der Waals surface area (Å²) in [5.74, 6) is 0. The van der Waals surface area contributed by atoms with Gasteiger partial charge in [0.1, 0.15) is 0 Å². The Hall–Kier alpha value is -1.39.